The second-order valence-electron chi connectivity index (χ2n) is 5.82. The number of hydrogen-bond donors (Lipinski definition) is 2. The van der Waals surface area contributed by atoms with E-state index in [-0.39, 0.29) is 11.8 Å². The molecule has 0 radical (unpaired) electrons. The van der Waals surface area contributed by atoms with Crippen LogP contribution in [-0.2, 0) is 0 Å². The van der Waals surface area contributed by atoms with Crippen molar-refractivity contribution in [1.29, 1.82) is 0 Å². The first-order valence-corrected chi connectivity index (χ1v) is 9.87. The van der Waals surface area contributed by atoms with Crippen LogP contribution in [0, 0.1) is 0 Å². The van der Waals surface area contributed by atoms with Crippen molar-refractivity contribution < 1.29 is 14.3 Å². The van der Waals surface area contributed by atoms with E-state index in [1.807, 2.05) is 6.07 Å². The lowest BCUT2D eigenvalue weighted by Crippen LogP contribution is -2.15. The zero-order chi connectivity index (χ0) is 20.1. The molecule has 3 rings (SSSR count). The molecule has 0 unspecified atom stereocenters. The molecule has 3 aromatic rings. The number of rotatable bonds is 5. The molecule has 0 aliphatic carbocycles. The molecule has 0 aliphatic rings. The summed E-state index contributed by atoms with van der Waals surface area (Å²) in [5, 5.41) is 5.65. The minimum absolute atomic E-state index is 0.221. The number of methoxy groups -OCH3 is 1. The molecule has 0 heterocycles. The summed E-state index contributed by atoms with van der Waals surface area (Å²) in [5.74, 6) is -0.110. The zero-order valence-corrected chi connectivity index (χ0v) is 18.0. The second-order valence-corrected chi connectivity index (χ2v) is 7.59. The Kier molecular flexibility index (Phi) is 6.49. The molecule has 0 spiro atoms. The fourth-order valence-electron chi connectivity index (χ4n) is 2.60. The number of halogens is 2. The van der Waals surface area contributed by atoms with Gasteiger partial charge in [0.1, 0.15) is 5.75 Å². The van der Waals surface area contributed by atoms with E-state index >= 15 is 0 Å². The van der Waals surface area contributed by atoms with Crippen LogP contribution >= 0.6 is 31.9 Å². The summed E-state index contributed by atoms with van der Waals surface area (Å²) in [7, 11) is 1.50. The molecule has 0 saturated carbocycles. The highest BCUT2D eigenvalue weighted by Crippen LogP contribution is 2.33. The first-order valence-electron chi connectivity index (χ1n) is 8.29. The SMILES string of the molecule is COc1c(Br)cc(Br)cc1C(=O)Nc1cccc(NC(=O)c2ccccc2)c1. The third-order valence-electron chi connectivity index (χ3n) is 3.87. The van der Waals surface area contributed by atoms with Crippen LogP contribution in [-0.4, -0.2) is 18.9 Å². The average molecular weight is 504 g/mol. The second kappa shape index (κ2) is 9.03. The van der Waals surface area contributed by atoms with Crippen LogP contribution in [0.1, 0.15) is 20.7 Å². The molecule has 0 aromatic heterocycles. The Morgan fingerprint density at radius 1 is 0.821 bits per heavy atom. The van der Waals surface area contributed by atoms with Crippen LogP contribution in [0.2, 0.25) is 0 Å². The maximum Gasteiger partial charge on any atom is 0.259 e. The highest BCUT2D eigenvalue weighted by molar-refractivity contribution is 9.11. The predicted molar refractivity (Wildman–Crippen MR) is 117 cm³/mol. The quantitative estimate of drug-likeness (QED) is 0.467. The number of hydrogen-bond acceptors (Lipinski definition) is 3. The number of benzene rings is 3. The lowest BCUT2D eigenvalue weighted by atomic mass is 10.1. The summed E-state index contributed by atoms with van der Waals surface area (Å²) in [4.78, 5) is 25.0. The summed E-state index contributed by atoms with van der Waals surface area (Å²) >= 11 is 6.77. The molecule has 0 saturated heterocycles. The molecule has 142 valence electrons. The van der Waals surface area contributed by atoms with Crippen molar-refractivity contribution in [3.8, 4) is 5.75 Å². The first-order chi connectivity index (χ1) is 13.5. The van der Waals surface area contributed by atoms with Crippen molar-refractivity contribution >= 4 is 55.0 Å². The van der Waals surface area contributed by atoms with Gasteiger partial charge in [-0.2, -0.15) is 0 Å². The van der Waals surface area contributed by atoms with E-state index in [4.69, 9.17) is 4.74 Å². The summed E-state index contributed by atoms with van der Waals surface area (Å²) in [5.41, 5.74) is 2.06. The Hall–Kier alpha value is -2.64. The van der Waals surface area contributed by atoms with Crippen molar-refractivity contribution in [2.45, 2.75) is 0 Å². The normalized spacial score (nSPS) is 10.2. The Bertz CT molecular complexity index is 1020. The molecule has 7 heteroatoms. The molecular formula is C21H16Br2N2O3. The van der Waals surface area contributed by atoms with Crippen LogP contribution in [0.5, 0.6) is 5.75 Å². The highest BCUT2D eigenvalue weighted by atomic mass is 79.9. The van der Waals surface area contributed by atoms with Gasteiger partial charge in [-0.15, -0.1) is 0 Å². The monoisotopic (exact) mass is 502 g/mol. The topological polar surface area (TPSA) is 67.4 Å². The Morgan fingerprint density at radius 3 is 2.11 bits per heavy atom. The molecule has 0 bridgehead atoms. The van der Waals surface area contributed by atoms with Crippen molar-refractivity contribution in [3.05, 3.63) is 86.8 Å². The number of amides is 2. The van der Waals surface area contributed by atoms with Gasteiger partial charge in [0, 0.05) is 21.4 Å². The maximum atomic E-state index is 12.7. The minimum atomic E-state index is -0.328. The van der Waals surface area contributed by atoms with E-state index in [2.05, 4.69) is 42.5 Å². The molecule has 5 nitrogen and oxygen atoms in total. The number of nitrogens with one attached hydrogen (secondary N) is 2. The summed E-state index contributed by atoms with van der Waals surface area (Å²) in [6.07, 6.45) is 0. The molecule has 2 amide bonds. The fourth-order valence-corrected chi connectivity index (χ4v) is 3.99. The molecule has 2 N–H and O–H groups in total. The summed E-state index contributed by atoms with van der Waals surface area (Å²) < 4.78 is 6.74. The van der Waals surface area contributed by atoms with Gasteiger partial charge in [-0.05, 0) is 58.4 Å². The Balaban J connectivity index is 1.78. The lowest BCUT2D eigenvalue weighted by molar-refractivity contribution is 0.101. The number of carbonyl (C=O) groups is 2. The van der Waals surface area contributed by atoms with Gasteiger partial charge in [0.2, 0.25) is 0 Å². The van der Waals surface area contributed by atoms with E-state index in [1.54, 1.807) is 60.7 Å². The van der Waals surface area contributed by atoms with Gasteiger partial charge in [0.15, 0.2) is 0 Å². The van der Waals surface area contributed by atoms with E-state index in [0.29, 0.717) is 32.7 Å². The van der Waals surface area contributed by atoms with Crippen molar-refractivity contribution in [1.82, 2.24) is 0 Å². The largest absolute Gasteiger partial charge is 0.495 e. The van der Waals surface area contributed by atoms with E-state index in [9.17, 15) is 9.59 Å². The van der Waals surface area contributed by atoms with Gasteiger partial charge in [0.25, 0.3) is 11.8 Å². The van der Waals surface area contributed by atoms with Gasteiger partial charge in [-0.3, -0.25) is 9.59 Å². The minimum Gasteiger partial charge on any atom is -0.495 e. The van der Waals surface area contributed by atoms with Crippen LogP contribution in [0.25, 0.3) is 0 Å². The third-order valence-corrected chi connectivity index (χ3v) is 4.92. The van der Waals surface area contributed by atoms with Crippen LogP contribution < -0.4 is 15.4 Å². The van der Waals surface area contributed by atoms with E-state index < -0.39 is 0 Å². The summed E-state index contributed by atoms with van der Waals surface area (Å²) in [6.45, 7) is 0. The van der Waals surface area contributed by atoms with Crippen LogP contribution in [0.4, 0.5) is 11.4 Å². The average Bonchev–Trinajstić information content (AvgIpc) is 2.68. The van der Waals surface area contributed by atoms with E-state index in [0.717, 1.165) is 4.47 Å². The number of ether oxygens (including phenoxy) is 1. The molecule has 28 heavy (non-hydrogen) atoms. The smallest absolute Gasteiger partial charge is 0.259 e. The third kappa shape index (κ3) is 4.79. The van der Waals surface area contributed by atoms with Crippen LogP contribution in [0.3, 0.4) is 0 Å². The lowest BCUT2D eigenvalue weighted by Gasteiger charge is -2.12. The Morgan fingerprint density at radius 2 is 1.46 bits per heavy atom. The molecular weight excluding hydrogens is 488 g/mol. The molecule has 3 aromatic carbocycles. The van der Waals surface area contributed by atoms with Crippen molar-refractivity contribution in [2.24, 2.45) is 0 Å². The summed E-state index contributed by atoms with van der Waals surface area (Å²) in [6, 6.07) is 19.3. The molecule has 0 atom stereocenters. The van der Waals surface area contributed by atoms with Gasteiger partial charge in [0.05, 0.1) is 17.1 Å². The zero-order valence-electron chi connectivity index (χ0n) is 14.8. The fraction of sp³-hybridized carbons (Fsp3) is 0.0476. The van der Waals surface area contributed by atoms with Crippen molar-refractivity contribution in [2.75, 3.05) is 17.7 Å². The van der Waals surface area contributed by atoms with Crippen molar-refractivity contribution in [3.63, 3.8) is 0 Å². The molecule has 0 fully saturated rings. The maximum absolute atomic E-state index is 12.7. The molecule has 0 aliphatic heterocycles. The van der Waals surface area contributed by atoms with Gasteiger partial charge in [-0.1, -0.05) is 40.2 Å². The van der Waals surface area contributed by atoms with Gasteiger partial charge in [-0.25, -0.2) is 0 Å². The number of carbonyl (C=O) groups excluding carboxylic acids is 2. The first kappa shape index (κ1) is 20.1. The highest BCUT2D eigenvalue weighted by Gasteiger charge is 2.17. The van der Waals surface area contributed by atoms with Gasteiger partial charge >= 0.3 is 0 Å². The number of anilines is 2. The standard InChI is InChI=1S/C21H16Br2N2O3/c1-28-19-17(10-14(22)11-18(19)23)21(27)25-16-9-5-8-15(12-16)24-20(26)13-6-3-2-4-7-13/h2-12H,1H3,(H,24,26)(H,25,27). The Labute approximate surface area is 179 Å². The van der Waals surface area contributed by atoms with E-state index in [1.165, 1.54) is 7.11 Å². The van der Waals surface area contributed by atoms with Crippen LogP contribution in [0.15, 0.2) is 75.7 Å². The predicted octanol–water partition coefficient (Wildman–Crippen LogP) is 5.72. The van der Waals surface area contributed by atoms with Gasteiger partial charge < -0.3 is 15.4 Å².